The summed E-state index contributed by atoms with van der Waals surface area (Å²) in [5.41, 5.74) is 11.2. The number of nitrogens with two attached hydrogens (primary N) is 2. The van der Waals surface area contributed by atoms with E-state index >= 15 is 0 Å². The van der Waals surface area contributed by atoms with Gasteiger partial charge < -0.3 is 31.3 Å². The van der Waals surface area contributed by atoms with Gasteiger partial charge in [0, 0.05) is 22.5 Å². The van der Waals surface area contributed by atoms with Crippen LogP contribution in [0.3, 0.4) is 0 Å². The minimum atomic E-state index is -1.24. The summed E-state index contributed by atoms with van der Waals surface area (Å²) in [7, 11) is 0. The van der Waals surface area contributed by atoms with Crippen LogP contribution < -0.4 is 80.8 Å². The van der Waals surface area contributed by atoms with E-state index in [4.69, 9.17) is 11.5 Å². The molecule has 2 aromatic rings. The second kappa shape index (κ2) is 11.5. The molecule has 0 saturated carbocycles. The van der Waals surface area contributed by atoms with Gasteiger partial charge in [0.2, 0.25) is 0 Å². The van der Waals surface area contributed by atoms with Crippen molar-refractivity contribution >= 4 is 23.3 Å². The fourth-order valence-electron chi connectivity index (χ4n) is 1.37. The monoisotopic (exact) mass is 318 g/mol. The summed E-state index contributed by atoms with van der Waals surface area (Å²) in [5, 5.41) is 20.5. The summed E-state index contributed by atoms with van der Waals surface area (Å²) in [4.78, 5) is 20.5. The maximum Gasteiger partial charge on any atom is 1.00 e. The molecule has 2 rings (SSSR count). The van der Waals surface area contributed by atoms with Crippen molar-refractivity contribution in [3.63, 3.8) is 0 Å². The Morgan fingerprint density at radius 3 is 1.14 bits per heavy atom. The maximum atomic E-state index is 10.2. The van der Waals surface area contributed by atoms with Crippen LogP contribution in [-0.2, 0) is 0 Å². The Kier molecular flexibility index (Phi) is 12.2. The van der Waals surface area contributed by atoms with Crippen LogP contribution in [0.5, 0.6) is 0 Å². The molecule has 0 radical (unpaired) electrons. The third-order valence-electron chi connectivity index (χ3n) is 2.36. The molecule has 104 valence electrons. The summed E-state index contributed by atoms with van der Waals surface area (Å²) in [5.74, 6) is -2.48. The van der Waals surface area contributed by atoms with Gasteiger partial charge in [0.15, 0.2) is 0 Å². The molecule has 0 aromatic heterocycles. The standard InChI is InChI=1S/2C7H7NO2.2Na/c2*8-6-4-2-1-3-5(6)7(9)10;;/h2*1-4H,8H2,(H,9,10);;/q;;2*+1/p-2. The molecule has 4 N–H and O–H groups in total. The topological polar surface area (TPSA) is 132 Å². The minimum Gasteiger partial charge on any atom is -0.545 e. The Balaban J connectivity index is 0. The number of benzene rings is 2. The van der Waals surface area contributed by atoms with Crippen molar-refractivity contribution in [1.82, 2.24) is 0 Å². The van der Waals surface area contributed by atoms with E-state index in [0.717, 1.165) is 0 Å². The molecule has 0 unspecified atom stereocenters. The number of aromatic carboxylic acids is 2. The smallest absolute Gasteiger partial charge is 0.545 e. The zero-order chi connectivity index (χ0) is 15.1. The van der Waals surface area contributed by atoms with E-state index in [1.807, 2.05) is 0 Å². The molecule has 0 spiro atoms. The van der Waals surface area contributed by atoms with Crippen LogP contribution in [0.15, 0.2) is 48.5 Å². The van der Waals surface area contributed by atoms with E-state index in [2.05, 4.69) is 0 Å². The summed E-state index contributed by atoms with van der Waals surface area (Å²) < 4.78 is 0. The first-order valence-electron chi connectivity index (χ1n) is 5.55. The molecular weight excluding hydrogens is 306 g/mol. The van der Waals surface area contributed by atoms with Crippen molar-refractivity contribution in [3.05, 3.63) is 59.7 Å². The molecule has 6 nitrogen and oxygen atoms in total. The van der Waals surface area contributed by atoms with Crippen molar-refractivity contribution in [3.8, 4) is 0 Å². The quantitative estimate of drug-likeness (QED) is 0.418. The molecule has 2 aromatic carbocycles. The first-order valence-corrected chi connectivity index (χ1v) is 5.55. The number of carbonyl (C=O) groups is 2. The molecule has 0 bridgehead atoms. The Bertz CT molecular complexity index is 580. The summed E-state index contributed by atoms with van der Waals surface area (Å²) in [6.45, 7) is 0. The molecular formula is C14H12N2Na2O4. The Morgan fingerprint density at radius 2 is 0.955 bits per heavy atom. The van der Waals surface area contributed by atoms with Gasteiger partial charge in [-0.1, -0.05) is 36.4 Å². The summed E-state index contributed by atoms with van der Waals surface area (Å²) in [6.07, 6.45) is 0. The Labute approximate surface area is 172 Å². The second-order valence-corrected chi connectivity index (χ2v) is 3.75. The molecule has 0 aliphatic rings. The van der Waals surface area contributed by atoms with E-state index in [9.17, 15) is 19.8 Å². The number of anilines is 2. The SMILES string of the molecule is Nc1ccccc1C(=O)[O-].Nc1ccccc1C(=O)[O-].[Na+].[Na+]. The first kappa shape index (κ1) is 23.2. The number of carboxylic acids is 2. The summed E-state index contributed by atoms with van der Waals surface area (Å²) in [6, 6.07) is 12.4. The largest absolute Gasteiger partial charge is 1.00 e. The molecule has 8 heteroatoms. The molecule has 0 amide bonds. The van der Waals surface area contributed by atoms with Crippen molar-refractivity contribution in [2.24, 2.45) is 0 Å². The van der Waals surface area contributed by atoms with Crippen LogP contribution in [0.1, 0.15) is 20.7 Å². The zero-order valence-electron chi connectivity index (χ0n) is 12.4. The van der Waals surface area contributed by atoms with E-state index in [1.54, 1.807) is 24.3 Å². The Morgan fingerprint density at radius 1 is 0.682 bits per heavy atom. The van der Waals surface area contributed by atoms with Crippen molar-refractivity contribution in [2.75, 3.05) is 11.5 Å². The van der Waals surface area contributed by atoms with Crippen molar-refractivity contribution in [2.45, 2.75) is 0 Å². The number of carbonyl (C=O) groups excluding carboxylic acids is 2. The number of nitrogen functional groups attached to an aromatic ring is 2. The van der Waals surface area contributed by atoms with Crippen LogP contribution in [0, 0.1) is 0 Å². The molecule has 0 fully saturated rings. The van der Waals surface area contributed by atoms with Gasteiger partial charge in [0.1, 0.15) is 0 Å². The number of hydrogen-bond acceptors (Lipinski definition) is 6. The van der Waals surface area contributed by atoms with E-state index < -0.39 is 11.9 Å². The van der Waals surface area contributed by atoms with Gasteiger partial charge in [-0.15, -0.1) is 0 Å². The van der Waals surface area contributed by atoms with E-state index in [0.29, 0.717) is 0 Å². The van der Waals surface area contributed by atoms with Gasteiger partial charge >= 0.3 is 59.1 Å². The van der Waals surface area contributed by atoms with Crippen LogP contribution in [0.25, 0.3) is 0 Å². The van der Waals surface area contributed by atoms with Gasteiger partial charge in [0.25, 0.3) is 0 Å². The molecule has 0 aliphatic carbocycles. The predicted octanol–water partition coefficient (Wildman–Crippen LogP) is -6.73. The van der Waals surface area contributed by atoms with Crippen molar-refractivity contribution in [1.29, 1.82) is 0 Å². The third-order valence-corrected chi connectivity index (χ3v) is 2.36. The number of rotatable bonds is 2. The molecule has 22 heavy (non-hydrogen) atoms. The molecule has 0 saturated heterocycles. The van der Waals surface area contributed by atoms with Gasteiger partial charge in [-0.05, 0) is 12.1 Å². The van der Waals surface area contributed by atoms with E-state index in [1.165, 1.54) is 24.3 Å². The average Bonchev–Trinajstić information content (AvgIpc) is 2.40. The number of hydrogen-bond donors (Lipinski definition) is 2. The van der Waals surface area contributed by atoms with Crippen LogP contribution in [0.2, 0.25) is 0 Å². The van der Waals surface area contributed by atoms with Crippen LogP contribution >= 0.6 is 0 Å². The maximum absolute atomic E-state index is 10.2. The third kappa shape index (κ3) is 7.31. The van der Waals surface area contributed by atoms with Gasteiger partial charge in [-0.3, -0.25) is 0 Å². The fraction of sp³-hybridized carbons (Fsp3) is 0. The van der Waals surface area contributed by atoms with Crippen LogP contribution in [-0.4, -0.2) is 11.9 Å². The molecule has 0 heterocycles. The zero-order valence-corrected chi connectivity index (χ0v) is 16.4. The van der Waals surface area contributed by atoms with Gasteiger partial charge in [-0.25, -0.2) is 0 Å². The van der Waals surface area contributed by atoms with Crippen LogP contribution in [0.4, 0.5) is 11.4 Å². The Hall–Kier alpha value is -1.02. The number of carboxylic acid groups (broad SMARTS) is 2. The average molecular weight is 318 g/mol. The predicted molar refractivity (Wildman–Crippen MR) is 70.4 cm³/mol. The number of para-hydroxylation sites is 2. The first-order chi connectivity index (χ1) is 9.43. The minimum absolute atomic E-state index is 0. The van der Waals surface area contributed by atoms with Gasteiger partial charge in [-0.2, -0.15) is 0 Å². The summed E-state index contributed by atoms with van der Waals surface area (Å²) >= 11 is 0. The molecule has 0 atom stereocenters. The normalized spacial score (nSPS) is 8.36. The van der Waals surface area contributed by atoms with Gasteiger partial charge in [0.05, 0.1) is 11.9 Å². The van der Waals surface area contributed by atoms with Crippen molar-refractivity contribution < 1.29 is 78.9 Å². The molecule has 0 aliphatic heterocycles. The second-order valence-electron chi connectivity index (χ2n) is 3.75. The van der Waals surface area contributed by atoms with E-state index in [-0.39, 0.29) is 81.6 Å². The fourth-order valence-corrected chi connectivity index (χ4v) is 1.37.